The molecule has 3 aromatic carbocycles. The first-order valence-corrected chi connectivity index (χ1v) is 9.79. The van der Waals surface area contributed by atoms with Crippen LogP contribution in [-0.2, 0) is 0 Å². The van der Waals surface area contributed by atoms with E-state index in [0.29, 0.717) is 0 Å². The van der Waals surface area contributed by atoms with Crippen LogP contribution in [0.15, 0.2) is 72.8 Å². The highest BCUT2D eigenvalue weighted by Crippen LogP contribution is 2.42. The maximum atomic E-state index is 5.70. The predicted molar refractivity (Wildman–Crippen MR) is 115 cm³/mol. The van der Waals surface area contributed by atoms with E-state index in [-0.39, 0.29) is 0 Å². The Bertz CT molecular complexity index is 1290. The van der Waals surface area contributed by atoms with Gasteiger partial charge in [-0.2, -0.15) is 0 Å². The summed E-state index contributed by atoms with van der Waals surface area (Å²) in [6.07, 6.45) is 0. The smallest absolute Gasteiger partial charge is 0.195 e. The first-order valence-electron chi connectivity index (χ1n) is 8.98. The van der Waals surface area contributed by atoms with Crippen LogP contribution in [-0.4, -0.2) is 23.6 Å². The van der Waals surface area contributed by atoms with Crippen molar-refractivity contribution >= 4 is 26.5 Å². The van der Waals surface area contributed by atoms with Gasteiger partial charge in [-0.05, 0) is 30.3 Å². The van der Waals surface area contributed by atoms with Gasteiger partial charge in [0.25, 0.3) is 0 Å². The van der Waals surface area contributed by atoms with E-state index in [1.165, 1.54) is 4.70 Å². The number of benzene rings is 3. The van der Waals surface area contributed by atoms with E-state index in [4.69, 9.17) is 14.5 Å². The topological polar surface area (TPSA) is 35.8 Å². The third kappa shape index (κ3) is 2.55. The molecule has 28 heavy (non-hydrogen) atoms. The Morgan fingerprint density at radius 1 is 0.857 bits per heavy atom. The number of para-hydroxylation sites is 1. The first-order chi connectivity index (χ1) is 13.8. The van der Waals surface area contributed by atoms with Crippen molar-refractivity contribution in [3.8, 4) is 34.0 Å². The first kappa shape index (κ1) is 16.8. The summed E-state index contributed by atoms with van der Waals surface area (Å²) in [6.45, 7) is 0. The maximum Gasteiger partial charge on any atom is 0.195 e. The number of fused-ring (bicyclic) bond motifs is 3. The molecule has 0 aliphatic heterocycles. The Kier molecular flexibility index (Phi) is 4.02. The zero-order valence-corrected chi connectivity index (χ0v) is 16.4. The number of hydrogen-bond acceptors (Lipinski definition) is 4. The minimum absolute atomic E-state index is 0.782. The quantitative estimate of drug-likeness (QED) is 0.386. The Hall–Kier alpha value is -3.31. The molecule has 0 unspecified atom stereocenters. The van der Waals surface area contributed by atoms with E-state index in [9.17, 15) is 0 Å². The molecule has 0 aliphatic rings. The fourth-order valence-electron chi connectivity index (χ4n) is 3.56. The van der Waals surface area contributed by atoms with E-state index in [1.807, 2.05) is 36.4 Å². The number of thiazole rings is 1. The standard InChI is InChI=1S/C23H18N2O2S/c1-26-16-12-13-19(27-2)17(14-16)22-21(15-8-4-3-5-9-15)24-23-25(22)18-10-6-7-11-20(18)28-23/h3-14H,1-2H3. The monoisotopic (exact) mass is 386 g/mol. The van der Waals surface area contributed by atoms with Crippen LogP contribution in [0, 0.1) is 0 Å². The Labute approximate surface area is 166 Å². The highest BCUT2D eigenvalue weighted by atomic mass is 32.1. The normalized spacial score (nSPS) is 11.2. The zero-order valence-electron chi connectivity index (χ0n) is 15.5. The molecule has 2 aromatic heterocycles. The van der Waals surface area contributed by atoms with Crippen molar-refractivity contribution in [2.75, 3.05) is 14.2 Å². The lowest BCUT2D eigenvalue weighted by Gasteiger charge is -2.12. The van der Waals surface area contributed by atoms with Gasteiger partial charge in [0, 0.05) is 11.1 Å². The molecule has 0 atom stereocenters. The average Bonchev–Trinajstić information content (AvgIpc) is 3.30. The van der Waals surface area contributed by atoms with E-state index < -0.39 is 0 Å². The summed E-state index contributed by atoms with van der Waals surface area (Å²) in [4.78, 5) is 5.97. The zero-order chi connectivity index (χ0) is 19.1. The molecule has 0 aliphatic carbocycles. The molecular weight excluding hydrogens is 368 g/mol. The fourth-order valence-corrected chi connectivity index (χ4v) is 4.59. The van der Waals surface area contributed by atoms with Gasteiger partial charge in [0.2, 0.25) is 0 Å². The molecule has 0 fully saturated rings. The van der Waals surface area contributed by atoms with Crippen molar-refractivity contribution in [3.05, 3.63) is 72.8 Å². The molecule has 2 heterocycles. The Balaban J connectivity index is 1.93. The van der Waals surface area contributed by atoms with Crippen molar-refractivity contribution in [2.45, 2.75) is 0 Å². The molecule has 0 spiro atoms. The lowest BCUT2D eigenvalue weighted by Crippen LogP contribution is -1.94. The van der Waals surface area contributed by atoms with E-state index in [1.54, 1.807) is 25.6 Å². The van der Waals surface area contributed by atoms with Crippen LogP contribution in [0.1, 0.15) is 0 Å². The van der Waals surface area contributed by atoms with Gasteiger partial charge < -0.3 is 9.47 Å². The summed E-state index contributed by atoms with van der Waals surface area (Å²) in [5.41, 5.74) is 5.11. The third-order valence-corrected chi connectivity index (χ3v) is 5.88. The van der Waals surface area contributed by atoms with Crippen LogP contribution >= 0.6 is 11.3 Å². The number of aromatic nitrogens is 2. The third-order valence-electron chi connectivity index (χ3n) is 4.86. The number of ether oxygens (including phenoxy) is 2. The molecule has 0 saturated carbocycles. The molecule has 5 rings (SSSR count). The van der Waals surface area contributed by atoms with Gasteiger partial charge >= 0.3 is 0 Å². The average molecular weight is 386 g/mol. The van der Waals surface area contributed by atoms with E-state index in [2.05, 4.69) is 40.8 Å². The number of rotatable bonds is 4. The molecule has 0 radical (unpaired) electrons. The molecule has 5 aromatic rings. The van der Waals surface area contributed by atoms with Crippen molar-refractivity contribution in [1.29, 1.82) is 0 Å². The second kappa shape index (κ2) is 6.69. The molecule has 0 N–H and O–H groups in total. The van der Waals surface area contributed by atoms with Gasteiger partial charge in [-0.25, -0.2) is 4.98 Å². The van der Waals surface area contributed by atoms with Gasteiger partial charge in [0.05, 0.1) is 35.8 Å². The van der Waals surface area contributed by atoms with Crippen LogP contribution in [0.3, 0.4) is 0 Å². The largest absolute Gasteiger partial charge is 0.497 e. The number of methoxy groups -OCH3 is 2. The molecule has 0 saturated heterocycles. The highest BCUT2D eigenvalue weighted by molar-refractivity contribution is 7.23. The van der Waals surface area contributed by atoms with Crippen molar-refractivity contribution < 1.29 is 9.47 Å². The molecule has 0 bridgehead atoms. The number of imidazole rings is 1. The lowest BCUT2D eigenvalue weighted by molar-refractivity contribution is 0.404. The number of nitrogens with zero attached hydrogens (tertiary/aromatic N) is 2. The second-order valence-corrected chi connectivity index (χ2v) is 7.44. The van der Waals surface area contributed by atoms with Gasteiger partial charge in [-0.1, -0.05) is 53.8 Å². The van der Waals surface area contributed by atoms with Gasteiger partial charge in [-0.15, -0.1) is 0 Å². The van der Waals surface area contributed by atoms with Crippen LogP contribution in [0.5, 0.6) is 11.5 Å². The van der Waals surface area contributed by atoms with Crippen molar-refractivity contribution in [1.82, 2.24) is 9.38 Å². The second-order valence-electron chi connectivity index (χ2n) is 6.43. The van der Waals surface area contributed by atoms with Crippen LogP contribution in [0.4, 0.5) is 0 Å². The summed E-state index contributed by atoms with van der Waals surface area (Å²) in [5, 5.41) is 0. The molecule has 138 valence electrons. The van der Waals surface area contributed by atoms with Crippen LogP contribution < -0.4 is 9.47 Å². The van der Waals surface area contributed by atoms with Crippen molar-refractivity contribution in [3.63, 3.8) is 0 Å². The lowest BCUT2D eigenvalue weighted by atomic mass is 10.0. The summed E-state index contributed by atoms with van der Waals surface area (Å²) >= 11 is 1.69. The van der Waals surface area contributed by atoms with Gasteiger partial charge in [-0.3, -0.25) is 4.40 Å². The van der Waals surface area contributed by atoms with Gasteiger partial charge in [0.15, 0.2) is 4.96 Å². The predicted octanol–water partition coefficient (Wildman–Crippen LogP) is 5.90. The number of hydrogen-bond donors (Lipinski definition) is 0. The minimum atomic E-state index is 0.782. The summed E-state index contributed by atoms with van der Waals surface area (Å²) in [6, 6.07) is 24.5. The van der Waals surface area contributed by atoms with Crippen molar-refractivity contribution in [2.24, 2.45) is 0 Å². The molecule has 0 amide bonds. The molecular formula is C23H18N2O2S. The van der Waals surface area contributed by atoms with E-state index >= 15 is 0 Å². The molecule has 5 heteroatoms. The van der Waals surface area contributed by atoms with Gasteiger partial charge in [0.1, 0.15) is 11.5 Å². The summed E-state index contributed by atoms with van der Waals surface area (Å²) < 4.78 is 14.6. The SMILES string of the molecule is COc1ccc(OC)c(-c2c(-c3ccccc3)nc3sc4ccccc4n23)c1. The summed E-state index contributed by atoms with van der Waals surface area (Å²) in [7, 11) is 3.37. The van der Waals surface area contributed by atoms with E-state index in [0.717, 1.165) is 44.5 Å². The fraction of sp³-hybridized carbons (Fsp3) is 0.0870. The maximum absolute atomic E-state index is 5.70. The summed E-state index contributed by atoms with van der Waals surface area (Å²) in [5.74, 6) is 1.57. The molecule has 4 nitrogen and oxygen atoms in total. The Morgan fingerprint density at radius 2 is 1.64 bits per heavy atom. The highest BCUT2D eigenvalue weighted by Gasteiger charge is 2.22. The minimum Gasteiger partial charge on any atom is -0.497 e. The Morgan fingerprint density at radius 3 is 2.43 bits per heavy atom. The van der Waals surface area contributed by atoms with Crippen LogP contribution in [0.25, 0.3) is 37.7 Å². The van der Waals surface area contributed by atoms with Crippen LogP contribution in [0.2, 0.25) is 0 Å².